The molecule has 0 saturated carbocycles. The molecule has 1 rings (SSSR count). The Balaban J connectivity index is 3.24. The smallest absolute Gasteiger partial charge is 0.0695 e. The van der Waals surface area contributed by atoms with Crippen LogP contribution in [-0.4, -0.2) is 6.72 Å². The summed E-state index contributed by atoms with van der Waals surface area (Å²) in [5.74, 6) is 0. The molecule has 1 aromatic carbocycles. The third-order valence-electron chi connectivity index (χ3n) is 1.80. The lowest BCUT2D eigenvalue weighted by Crippen LogP contribution is -1.77. The van der Waals surface area contributed by atoms with Gasteiger partial charge in [0.05, 0.1) is 5.69 Å². The van der Waals surface area contributed by atoms with E-state index in [9.17, 15) is 0 Å². The molecule has 0 unspecified atom stereocenters. The first-order chi connectivity index (χ1) is 6.31. The highest BCUT2D eigenvalue weighted by atomic mass is 14.7. The van der Waals surface area contributed by atoms with Crippen LogP contribution in [0.5, 0.6) is 0 Å². The predicted molar refractivity (Wildman–Crippen MR) is 60.5 cm³/mol. The van der Waals surface area contributed by atoms with Gasteiger partial charge in [0.15, 0.2) is 0 Å². The third-order valence-corrected chi connectivity index (χ3v) is 1.80. The molecule has 13 heavy (non-hydrogen) atoms. The van der Waals surface area contributed by atoms with Crippen LogP contribution in [-0.2, 0) is 0 Å². The molecule has 0 N–H and O–H groups in total. The molecule has 0 aliphatic heterocycles. The van der Waals surface area contributed by atoms with Gasteiger partial charge in [-0.1, -0.05) is 30.9 Å². The number of hydrogen-bond donors (Lipinski definition) is 0. The Morgan fingerprint density at radius 2 is 2.15 bits per heavy atom. The highest BCUT2D eigenvalue weighted by molar-refractivity contribution is 5.69. The zero-order chi connectivity index (χ0) is 9.68. The summed E-state index contributed by atoms with van der Waals surface area (Å²) in [5, 5.41) is 0. The van der Waals surface area contributed by atoms with Crippen LogP contribution in [0.1, 0.15) is 18.1 Å². The summed E-state index contributed by atoms with van der Waals surface area (Å²) in [7, 11) is 0. The largest absolute Gasteiger partial charge is 0.264 e. The van der Waals surface area contributed by atoms with E-state index < -0.39 is 0 Å². The van der Waals surface area contributed by atoms with Crippen molar-refractivity contribution in [3.05, 3.63) is 42.0 Å². The Hall–Kier alpha value is -1.63. The molecule has 0 fully saturated rings. The minimum Gasteiger partial charge on any atom is -0.264 e. The molecule has 1 heteroatoms. The molecule has 0 spiro atoms. The van der Waals surface area contributed by atoms with Gasteiger partial charge < -0.3 is 0 Å². The van der Waals surface area contributed by atoms with Crippen LogP contribution in [0.3, 0.4) is 0 Å². The summed E-state index contributed by atoms with van der Waals surface area (Å²) < 4.78 is 0. The maximum atomic E-state index is 3.93. The van der Waals surface area contributed by atoms with Crippen LogP contribution in [0.2, 0.25) is 0 Å². The molecule has 0 amide bonds. The normalized spacial score (nSPS) is 10.2. The van der Waals surface area contributed by atoms with Crippen LogP contribution in [0.4, 0.5) is 5.69 Å². The lowest BCUT2D eigenvalue weighted by molar-refractivity contribution is 1.51. The second kappa shape index (κ2) is 4.41. The van der Waals surface area contributed by atoms with Crippen molar-refractivity contribution in [1.29, 1.82) is 0 Å². The first-order valence-corrected chi connectivity index (χ1v) is 4.17. The van der Waals surface area contributed by atoms with E-state index in [-0.39, 0.29) is 0 Å². The maximum absolute atomic E-state index is 3.93. The quantitative estimate of drug-likeness (QED) is 0.615. The van der Waals surface area contributed by atoms with Gasteiger partial charge in [-0.05, 0) is 31.3 Å². The summed E-state index contributed by atoms with van der Waals surface area (Å²) in [4.78, 5) is 3.93. The van der Waals surface area contributed by atoms with Crippen molar-refractivity contribution < 1.29 is 0 Å². The lowest BCUT2D eigenvalue weighted by atomic mass is 10.1. The van der Waals surface area contributed by atoms with Crippen LogP contribution < -0.4 is 0 Å². The van der Waals surface area contributed by atoms with Gasteiger partial charge >= 0.3 is 0 Å². The molecule has 0 atom stereocenters. The minimum absolute atomic E-state index is 0.906. The standard InChI is InChI=1S/C12H13N/c1-4-6-11-9-10(5-2)7-8-12(11)13-3/h4-9H,2-3H2,1H3/b6-4-. The van der Waals surface area contributed by atoms with Crippen molar-refractivity contribution in [2.24, 2.45) is 4.99 Å². The van der Waals surface area contributed by atoms with Crippen molar-refractivity contribution in [3.8, 4) is 0 Å². The molecule has 0 radical (unpaired) electrons. The monoisotopic (exact) mass is 171 g/mol. The first-order valence-electron chi connectivity index (χ1n) is 4.17. The second-order valence-corrected chi connectivity index (χ2v) is 2.68. The van der Waals surface area contributed by atoms with Gasteiger partial charge in [0, 0.05) is 5.56 Å². The molecule has 0 saturated heterocycles. The molecule has 0 aromatic heterocycles. The molecule has 0 heterocycles. The van der Waals surface area contributed by atoms with Gasteiger partial charge in [0.1, 0.15) is 0 Å². The van der Waals surface area contributed by atoms with E-state index in [2.05, 4.69) is 18.3 Å². The average molecular weight is 171 g/mol. The van der Waals surface area contributed by atoms with E-state index in [0.29, 0.717) is 0 Å². The maximum Gasteiger partial charge on any atom is 0.0695 e. The van der Waals surface area contributed by atoms with Gasteiger partial charge in [-0.25, -0.2) is 0 Å². The molecule has 66 valence electrons. The fraction of sp³-hybridized carbons (Fsp3) is 0.0833. The molecule has 0 aliphatic rings. The number of nitrogens with zero attached hydrogens (tertiary/aromatic N) is 1. The Morgan fingerprint density at radius 1 is 1.38 bits per heavy atom. The SMILES string of the molecule is C=Cc1ccc(N=C)c(/C=C\C)c1. The van der Waals surface area contributed by atoms with E-state index in [1.807, 2.05) is 43.4 Å². The number of aliphatic imine (C=N–C) groups is 1. The molecule has 1 nitrogen and oxygen atoms in total. The fourth-order valence-corrected chi connectivity index (χ4v) is 1.16. The number of allylic oxidation sites excluding steroid dienone is 1. The van der Waals surface area contributed by atoms with E-state index in [1.54, 1.807) is 0 Å². The highest BCUT2D eigenvalue weighted by Gasteiger charge is 1.96. The van der Waals surface area contributed by atoms with E-state index in [0.717, 1.165) is 16.8 Å². The van der Waals surface area contributed by atoms with Crippen LogP contribution in [0.15, 0.2) is 35.8 Å². The summed E-state index contributed by atoms with van der Waals surface area (Å²) in [6.45, 7) is 9.22. The van der Waals surface area contributed by atoms with Gasteiger partial charge in [0.2, 0.25) is 0 Å². The zero-order valence-electron chi connectivity index (χ0n) is 7.83. The van der Waals surface area contributed by atoms with Crippen LogP contribution in [0, 0.1) is 0 Å². The second-order valence-electron chi connectivity index (χ2n) is 2.68. The Labute approximate surface area is 79.1 Å². The summed E-state index contributed by atoms with van der Waals surface area (Å²) in [6.07, 6.45) is 5.81. The topological polar surface area (TPSA) is 12.4 Å². The fourth-order valence-electron chi connectivity index (χ4n) is 1.16. The molecule has 0 bridgehead atoms. The van der Waals surface area contributed by atoms with E-state index in [4.69, 9.17) is 0 Å². The third kappa shape index (κ3) is 2.15. The first kappa shape index (κ1) is 9.46. The molecular formula is C12H13N. The molecule has 0 aliphatic carbocycles. The van der Waals surface area contributed by atoms with Crippen LogP contribution in [0.25, 0.3) is 12.2 Å². The Bertz CT molecular complexity index is 348. The van der Waals surface area contributed by atoms with Crippen molar-refractivity contribution in [1.82, 2.24) is 0 Å². The predicted octanol–water partition coefficient (Wildman–Crippen LogP) is 3.69. The highest BCUT2D eigenvalue weighted by Crippen LogP contribution is 2.21. The zero-order valence-corrected chi connectivity index (χ0v) is 7.83. The van der Waals surface area contributed by atoms with E-state index >= 15 is 0 Å². The van der Waals surface area contributed by atoms with Gasteiger partial charge in [-0.15, -0.1) is 0 Å². The number of hydrogen-bond acceptors (Lipinski definition) is 1. The van der Waals surface area contributed by atoms with Gasteiger partial charge in [-0.3, -0.25) is 4.99 Å². The number of rotatable bonds is 3. The Kier molecular flexibility index (Phi) is 3.21. The molecule has 1 aromatic rings. The van der Waals surface area contributed by atoms with Gasteiger partial charge in [0.25, 0.3) is 0 Å². The molecular weight excluding hydrogens is 158 g/mol. The van der Waals surface area contributed by atoms with E-state index in [1.165, 1.54) is 0 Å². The summed E-state index contributed by atoms with van der Waals surface area (Å²) in [6, 6.07) is 5.96. The van der Waals surface area contributed by atoms with Crippen LogP contribution >= 0.6 is 0 Å². The average Bonchev–Trinajstić information content (AvgIpc) is 2.18. The van der Waals surface area contributed by atoms with Crippen molar-refractivity contribution in [3.63, 3.8) is 0 Å². The summed E-state index contributed by atoms with van der Waals surface area (Å²) in [5.41, 5.74) is 3.08. The van der Waals surface area contributed by atoms with Gasteiger partial charge in [-0.2, -0.15) is 0 Å². The summed E-state index contributed by atoms with van der Waals surface area (Å²) >= 11 is 0. The van der Waals surface area contributed by atoms with Crippen molar-refractivity contribution >= 4 is 24.6 Å². The lowest BCUT2D eigenvalue weighted by Gasteiger charge is -2.01. The van der Waals surface area contributed by atoms with Crippen molar-refractivity contribution in [2.45, 2.75) is 6.92 Å². The minimum atomic E-state index is 0.906. The Morgan fingerprint density at radius 3 is 2.69 bits per heavy atom. The number of benzene rings is 1. The van der Waals surface area contributed by atoms with Crippen molar-refractivity contribution in [2.75, 3.05) is 0 Å².